The summed E-state index contributed by atoms with van der Waals surface area (Å²) in [7, 11) is 0. The first-order valence-corrected chi connectivity index (χ1v) is 5.40. The van der Waals surface area contributed by atoms with E-state index in [4.69, 9.17) is 0 Å². The fraction of sp³-hybridized carbons (Fsp3) is 0.909. The van der Waals surface area contributed by atoms with Gasteiger partial charge in [-0.2, -0.15) is 0 Å². The van der Waals surface area contributed by atoms with Gasteiger partial charge in [-0.15, -0.1) is 0 Å². The molecule has 0 aliphatic heterocycles. The van der Waals surface area contributed by atoms with Crippen LogP contribution in [0, 0.1) is 23.7 Å². The highest BCUT2D eigenvalue weighted by Crippen LogP contribution is 2.54. The second-order valence-electron chi connectivity index (χ2n) is 4.89. The zero-order valence-electron chi connectivity index (χ0n) is 7.46. The van der Waals surface area contributed by atoms with Gasteiger partial charge in [0.1, 0.15) is 5.78 Å². The Kier molecular flexibility index (Phi) is 1.38. The minimum atomic E-state index is 0.503. The van der Waals surface area contributed by atoms with Gasteiger partial charge in [-0.3, -0.25) is 4.79 Å². The molecule has 0 N–H and O–H groups in total. The number of rotatable bonds is 0. The summed E-state index contributed by atoms with van der Waals surface area (Å²) in [6.45, 7) is 0. The van der Waals surface area contributed by atoms with Gasteiger partial charge in [-0.25, -0.2) is 0 Å². The van der Waals surface area contributed by atoms with Crippen molar-refractivity contribution in [3.63, 3.8) is 0 Å². The third-order valence-electron chi connectivity index (χ3n) is 4.37. The first-order valence-electron chi connectivity index (χ1n) is 5.40. The van der Waals surface area contributed by atoms with Gasteiger partial charge in [0.15, 0.2) is 0 Å². The zero-order chi connectivity index (χ0) is 8.13. The van der Waals surface area contributed by atoms with Crippen LogP contribution in [0.2, 0.25) is 0 Å². The summed E-state index contributed by atoms with van der Waals surface area (Å²) in [5.41, 5.74) is 0. The van der Waals surface area contributed by atoms with E-state index in [-0.39, 0.29) is 0 Å². The van der Waals surface area contributed by atoms with Crippen molar-refractivity contribution in [1.82, 2.24) is 0 Å². The molecular weight excluding hydrogens is 148 g/mol. The Morgan fingerprint density at radius 3 is 2.75 bits per heavy atom. The highest BCUT2D eigenvalue weighted by Gasteiger charge is 2.51. The summed E-state index contributed by atoms with van der Waals surface area (Å²) in [6, 6.07) is 0. The lowest BCUT2D eigenvalue weighted by molar-refractivity contribution is -0.126. The van der Waals surface area contributed by atoms with Crippen molar-refractivity contribution >= 4 is 5.78 Å². The van der Waals surface area contributed by atoms with Crippen LogP contribution in [0.1, 0.15) is 38.5 Å². The molecule has 0 aromatic carbocycles. The summed E-state index contributed by atoms with van der Waals surface area (Å²) in [4.78, 5) is 11.7. The number of hydrogen-bond donors (Lipinski definition) is 0. The first kappa shape index (κ1) is 7.11. The molecule has 0 aromatic rings. The Labute approximate surface area is 73.5 Å². The molecule has 0 heterocycles. The maximum absolute atomic E-state index is 11.7. The molecule has 0 saturated heterocycles. The van der Waals surface area contributed by atoms with Gasteiger partial charge >= 0.3 is 0 Å². The molecule has 4 unspecified atom stereocenters. The lowest BCUT2D eigenvalue weighted by Gasteiger charge is -2.24. The predicted octanol–water partition coefficient (Wildman–Crippen LogP) is 2.40. The number of carbonyl (C=O) groups is 1. The van der Waals surface area contributed by atoms with Gasteiger partial charge in [-0.1, -0.05) is 19.3 Å². The minimum absolute atomic E-state index is 0.503. The van der Waals surface area contributed by atoms with Gasteiger partial charge in [0.05, 0.1) is 0 Å². The average Bonchev–Trinajstić information content (AvgIpc) is 2.55. The SMILES string of the molecule is O=C1C2CC3CCCCC1C3C2. The van der Waals surface area contributed by atoms with Crippen molar-refractivity contribution in [2.24, 2.45) is 23.7 Å². The Bertz CT molecular complexity index is 219. The van der Waals surface area contributed by atoms with Crippen LogP contribution >= 0.6 is 0 Å². The van der Waals surface area contributed by atoms with Gasteiger partial charge in [0.25, 0.3) is 0 Å². The van der Waals surface area contributed by atoms with Crippen molar-refractivity contribution in [3.8, 4) is 0 Å². The van der Waals surface area contributed by atoms with E-state index in [2.05, 4.69) is 0 Å². The molecule has 3 aliphatic carbocycles. The van der Waals surface area contributed by atoms with Crippen molar-refractivity contribution in [2.75, 3.05) is 0 Å². The molecule has 0 spiro atoms. The molecule has 12 heavy (non-hydrogen) atoms. The lowest BCUT2D eigenvalue weighted by atomic mass is 9.79. The molecule has 4 atom stereocenters. The lowest BCUT2D eigenvalue weighted by Crippen LogP contribution is -2.26. The third kappa shape index (κ3) is 0.773. The first-order chi connectivity index (χ1) is 5.86. The van der Waals surface area contributed by atoms with E-state index in [1.807, 2.05) is 0 Å². The normalized spacial score (nSPS) is 51.2. The molecule has 0 aromatic heterocycles. The molecule has 1 heteroatoms. The van der Waals surface area contributed by atoms with E-state index in [1.165, 1.54) is 38.5 Å². The van der Waals surface area contributed by atoms with E-state index < -0.39 is 0 Å². The summed E-state index contributed by atoms with van der Waals surface area (Å²) >= 11 is 0. The monoisotopic (exact) mass is 164 g/mol. The van der Waals surface area contributed by atoms with E-state index >= 15 is 0 Å². The van der Waals surface area contributed by atoms with Gasteiger partial charge in [0, 0.05) is 11.8 Å². The van der Waals surface area contributed by atoms with Crippen molar-refractivity contribution in [3.05, 3.63) is 0 Å². The van der Waals surface area contributed by atoms with Crippen LogP contribution in [-0.2, 0) is 4.79 Å². The van der Waals surface area contributed by atoms with Crippen LogP contribution in [0.25, 0.3) is 0 Å². The Balaban J connectivity index is 1.94. The standard InChI is InChI=1S/C11H16O/c12-11-8-5-7-3-1-2-4-9(11)10(7)6-8/h7-10H,1-6H2. The van der Waals surface area contributed by atoms with Crippen LogP contribution in [0.4, 0.5) is 0 Å². The second-order valence-corrected chi connectivity index (χ2v) is 4.89. The maximum Gasteiger partial charge on any atom is 0.139 e. The number of hydrogen-bond acceptors (Lipinski definition) is 1. The third-order valence-corrected chi connectivity index (χ3v) is 4.37. The van der Waals surface area contributed by atoms with Crippen molar-refractivity contribution in [1.29, 1.82) is 0 Å². The van der Waals surface area contributed by atoms with Crippen LogP contribution in [-0.4, -0.2) is 5.78 Å². The molecule has 66 valence electrons. The molecular formula is C11H16O. The van der Waals surface area contributed by atoms with Crippen LogP contribution in [0.15, 0.2) is 0 Å². The summed E-state index contributed by atoms with van der Waals surface area (Å²) in [5.74, 6) is 3.42. The van der Waals surface area contributed by atoms with Crippen LogP contribution in [0.3, 0.4) is 0 Å². The summed E-state index contributed by atoms with van der Waals surface area (Å²) in [5, 5.41) is 0. The minimum Gasteiger partial charge on any atom is -0.299 e. The Morgan fingerprint density at radius 1 is 1.08 bits per heavy atom. The topological polar surface area (TPSA) is 17.1 Å². The summed E-state index contributed by atoms with van der Waals surface area (Å²) in [6.07, 6.45) is 7.85. The second kappa shape index (κ2) is 2.34. The molecule has 0 radical (unpaired) electrons. The molecule has 3 saturated carbocycles. The molecule has 3 fully saturated rings. The number of Topliss-reactive ketones (excluding diaryl/α,β-unsaturated/α-hetero) is 1. The molecule has 0 amide bonds. The fourth-order valence-corrected chi connectivity index (χ4v) is 3.86. The highest BCUT2D eigenvalue weighted by molar-refractivity contribution is 5.87. The molecule has 1 nitrogen and oxygen atoms in total. The molecule has 3 rings (SSSR count). The molecule has 3 aliphatic rings. The van der Waals surface area contributed by atoms with Gasteiger partial charge < -0.3 is 0 Å². The summed E-state index contributed by atoms with van der Waals surface area (Å²) < 4.78 is 0. The fourth-order valence-electron chi connectivity index (χ4n) is 3.86. The Hall–Kier alpha value is -0.330. The largest absolute Gasteiger partial charge is 0.299 e. The van der Waals surface area contributed by atoms with Gasteiger partial charge in [0.2, 0.25) is 0 Å². The highest BCUT2D eigenvalue weighted by atomic mass is 16.1. The van der Waals surface area contributed by atoms with E-state index in [0.29, 0.717) is 17.6 Å². The smallest absolute Gasteiger partial charge is 0.139 e. The van der Waals surface area contributed by atoms with Crippen molar-refractivity contribution in [2.45, 2.75) is 38.5 Å². The quantitative estimate of drug-likeness (QED) is 0.537. The predicted molar refractivity (Wildman–Crippen MR) is 46.7 cm³/mol. The van der Waals surface area contributed by atoms with Gasteiger partial charge in [-0.05, 0) is 31.1 Å². The number of fused-ring (bicyclic) bond motifs is 1. The average molecular weight is 164 g/mol. The Morgan fingerprint density at radius 2 is 1.92 bits per heavy atom. The zero-order valence-corrected chi connectivity index (χ0v) is 7.46. The van der Waals surface area contributed by atoms with E-state index in [9.17, 15) is 4.79 Å². The van der Waals surface area contributed by atoms with E-state index in [0.717, 1.165) is 11.8 Å². The molecule has 2 bridgehead atoms. The maximum atomic E-state index is 11.7. The number of ketones is 1. The number of carbonyl (C=O) groups excluding carboxylic acids is 1. The van der Waals surface area contributed by atoms with Crippen molar-refractivity contribution < 1.29 is 4.79 Å². The van der Waals surface area contributed by atoms with Crippen LogP contribution in [0.5, 0.6) is 0 Å². The van der Waals surface area contributed by atoms with E-state index in [1.54, 1.807) is 0 Å². The van der Waals surface area contributed by atoms with Crippen LogP contribution < -0.4 is 0 Å².